The lowest BCUT2D eigenvalue weighted by molar-refractivity contribution is -0.151. The van der Waals surface area contributed by atoms with E-state index in [0.717, 1.165) is 18.5 Å². The summed E-state index contributed by atoms with van der Waals surface area (Å²) in [7, 11) is 0. The van der Waals surface area contributed by atoms with E-state index in [2.05, 4.69) is 9.97 Å². The predicted molar refractivity (Wildman–Crippen MR) is 76.2 cm³/mol. The van der Waals surface area contributed by atoms with Crippen molar-refractivity contribution in [1.29, 1.82) is 0 Å². The van der Waals surface area contributed by atoms with Crippen LogP contribution in [0.2, 0.25) is 0 Å². The molecule has 0 aromatic carbocycles. The number of nitrogens with zero attached hydrogens (tertiary/aromatic N) is 2. The number of imidazole rings is 1. The standard InChI is InChI=1S/C14H22N4O3/c1-2-21-14(20)10-4-3-5-18(8-10)13(19)12(15)6-11-7-16-9-17-11/h7,9-10,12H,2-6,8,15H2,1H3,(H,16,17)/t10-,12?/m0/s1. The van der Waals surface area contributed by atoms with Gasteiger partial charge < -0.3 is 20.4 Å². The molecule has 1 aromatic rings. The van der Waals surface area contributed by atoms with Crippen LogP contribution in [0.5, 0.6) is 0 Å². The van der Waals surface area contributed by atoms with Gasteiger partial charge in [0.1, 0.15) is 0 Å². The topological polar surface area (TPSA) is 101 Å². The summed E-state index contributed by atoms with van der Waals surface area (Å²) in [6, 6.07) is -0.630. The molecular formula is C14H22N4O3. The van der Waals surface area contributed by atoms with E-state index >= 15 is 0 Å². The minimum Gasteiger partial charge on any atom is -0.466 e. The van der Waals surface area contributed by atoms with Gasteiger partial charge in [0.05, 0.1) is 30.6 Å². The van der Waals surface area contributed by atoms with Crippen LogP contribution in [0.1, 0.15) is 25.5 Å². The van der Waals surface area contributed by atoms with Crippen molar-refractivity contribution >= 4 is 11.9 Å². The number of aromatic amines is 1. The minimum absolute atomic E-state index is 0.132. The van der Waals surface area contributed by atoms with E-state index in [4.69, 9.17) is 10.5 Å². The van der Waals surface area contributed by atoms with Crippen molar-refractivity contribution in [3.05, 3.63) is 18.2 Å². The fourth-order valence-electron chi connectivity index (χ4n) is 2.58. The molecule has 2 rings (SSSR count). The smallest absolute Gasteiger partial charge is 0.310 e. The molecule has 3 N–H and O–H groups in total. The summed E-state index contributed by atoms with van der Waals surface area (Å²) in [6.45, 7) is 3.18. The zero-order valence-corrected chi connectivity index (χ0v) is 12.2. The van der Waals surface area contributed by atoms with Crippen LogP contribution in [0.3, 0.4) is 0 Å². The molecule has 21 heavy (non-hydrogen) atoms. The van der Waals surface area contributed by atoms with Gasteiger partial charge >= 0.3 is 5.97 Å². The van der Waals surface area contributed by atoms with E-state index in [-0.39, 0.29) is 17.8 Å². The van der Waals surface area contributed by atoms with Gasteiger partial charge in [-0.1, -0.05) is 0 Å². The second kappa shape index (κ2) is 7.21. The summed E-state index contributed by atoms with van der Waals surface area (Å²) in [5, 5.41) is 0. The first-order chi connectivity index (χ1) is 10.1. The van der Waals surface area contributed by atoms with E-state index in [1.807, 2.05) is 0 Å². The summed E-state index contributed by atoms with van der Waals surface area (Å²) < 4.78 is 5.03. The molecule has 1 fully saturated rings. The highest BCUT2D eigenvalue weighted by Crippen LogP contribution is 2.18. The maximum Gasteiger partial charge on any atom is 0.310 e. The maximum atomic E-state index is 12.4. The van der Waals surface area contributed by atoms with Crippen molar-refractivity contribution in [2.45, 2.75) is 32.2 Å². The van der Waals surface area contributed by atoms with Crippen LogP contribution >= 0.6 is 0 Å². The zero-order chi connectivity index (χ0) is 15.2. The lowest BCUT2D eigenvalue weighted by atomic mass is 9.97. The first-order valence-corrected chi connectivity index (χ1v) is 7.30. The quantitative estimate of drug-likeness (QED) is 0.749. The molecule has 1 saturated heterocycles. The van der Waals surface area contributed by atoms with Crippen LogP contribution in [-0.2, 0) is 20.7 Å². The monoisotopic (exact) mass is 294 g/mol. The average molecular weight is 294 g/mol. The van der Waals surface area contributed by atoms with Crippen LogP contribution in [0.4, 0.5) is 0 Å². The molecule has 1 aliphatic rings. The SMILES string of the molecule is CCOC(=O)[C@H]1CCCN(C(=O)C(N)Cc2c[nH]cn2)C1. The van der Waals surface area contributed by atoms with E-state index in [1.165, 1.54) is 0 Å². The lowest BCUT2D eigenvalue weighted by Crippen LogP contribution is -2.50. The Morgan fingerprint density at radius 3 is 3.10 bits per heavy atom. The Morgan fingerprint density at radius 2 is 2.43 bits per heavy atom. The van der Waals surface area contributed by atoms with Crippen LogP contribution in [0.15, 0.2) is 12.5 Å². The summed E-state index contributed by atoms with van der Waals surface area (Å²) in [5.74, 6) is -0.594. The number of carbonyl (C=O) groups excluding carboxylic acids is 2. The second-order valence-electron chi connectivity index (χ2n) is 5.25. The number of nitrogens with two attached hydrogens (primary N) is 1. The highest BCUT2D eigenvalue weighted by Gasteiger charge is 2.31. The third-order valence-corrected chi connectivity index (χ3v) is 3.65. The Balaban J connectivity index is 1.90. The van der Waals surface area contributed by atoms with Gasteiger partial charge in [-0.05, 0) is 19.8 Å². The fraction of sp³-hybridized carbons (Fsp3) is 0.643. The molecule has 0 spiro atoms. The van der Waals surface area contributed by atoms with Crippen LogP contribution in [0.25, 0.3) is 0 Å². The van der Waals surface area contributed by atoms with Gasteiger partial charge in [-0.25, -0.2) is 4.98 Å². The predicted octanol–water partition coefficient (Wildman–Crippen LogP) is 0.0812. The third-order valence-electron chi connectivity index (χ3n) is 3.65. The number of rotatable bonds is 5. The molecule has 2 atom stereocenters. The lowest BCUT2D eigenvalue weighted by Gasteiger charge is -2.33. The summed E-state index contributed by atoms with van der Waals surface area (Å²) in [6.07, 6.45) is 5.24. The fourth-order valence-corrected chi connectivity index (χ4v) is 2.58. The molecule has 7 heteroatoms. The van der Waals surface area contributed by atoms with Crippen LogP contribution in [-0.4, -0.2) is 52.5 Å². The van der Waals surface area contributed by atoms with E-state index in [0.29, 0.717) is 26.1 Å². The zero-order valence-electron chi connectivity index (χ0n) is 12.2. The molecule has 0 bridgehead atoms. The molecule has 7 nitrogen and oxygen atoms in total. The number of carbonyl (C=O) groups is 2. The Hall–Kier alpha value is -1.89. The van der Waals surface area contributed by atoms with E-state index < -0.39 is 6.04 Å². The Morgan fingerprint density at radius 1 is 1.62 bits per heavy atom. The molecule has 0 radical (unpaired) electrons. The van der Waals surface area contributed by atoms with Crippen molar-refractivity contribution in [3.63, 3.8) is 0 Å². The number of aromatic nitrogens is 2. The molecule has 0 aliphatic carbocycles. The second-order valence-corrected chi connectivity index (χ2v) is 5.25. The van der Waals surface area contributed by atoms with Crippen molar-refractivity contribution < 1.29 is 14.3 Å². The number of H-pyrrole nitrogens is 1. The first-order valence-electron chi connectivity index (χ1n) is 7.30. The normalized spacial score (nSPS) is 20.1. The molecular weight excluding hydrogens is 272 g/mol. The van der Waals surface area contributed by atoms with Gasteiger partial charge in [-0.15, -0.1) is 0 Å². The number of ether oxygens (including phenoxy) is 1. The number of esters is 1. The first kappa shape index (κ1) is 15.5. The summed E-state index contributed by atoms with van der Waals surface area (Å²) in [4.78, 5) is 32.7. The molecule has 1 unspecified atom stereocenters. The number of hydrogen-bond donors (Lipinski definition) is 2. The molecule has 1 aliphatic heterocycles. The van der Waals surface area contributed by atoms with Gasteiger partial charge in [0, 0.05) is 25.7 Å². The van der Waals surface area contributed by atoms with E-state index in [9.17, 15) is 9.59 Å². The Bertz CT molecular complexity index is 475. The van der Waals surface area contributed by atoms with Crippen molar-refractivity contribution in [1.82, 2.24) is 14.9 Å². The van der Waals surface area contributed by atoms with Crippen LogP contribution in [0, 0.1) is 5.92 Å². The molecule has 2 heterocycles. The molecule has 116 valence electrons. The Labute approximate surface area is 123 Å². The number of piperidine rings is 1. The number of likely N-dealkylation sites (tertiary alicyclic amines) is 1. The van der Waals surface area contributed by atoms with Crippen molar-refractivity contribution in [2.24, 2.45) is 11.7 Å². The van der Waals surface area contributed by atoms with Crippen molar-refractivity contribution in [2.75, 3.05) is 19.7 Å². The largest absolute Gasteiger partial charge is 0.466 e. The third kappa shape index (κ3) is 4.04. The minimum atomic E-state index is -0.630. The highest BCUT2D eigenvalue weighted by atomic mass is 16.5. The number of amides is 1. The van der Waals surface area contributed by atoms with Gasteiger partial charge in [-0.3, -0.25) is 9.59 Å². The van der Waals surface area contributed by atoms with Gasteiger partial charge in [-0.2, -0.15) is 0 Å². The van der Waals surface area contributed by atoms with E-state index in [1.54, 1.807) is 24.3 Å². The average Bonchev–Trinajstić information content (AvgIpc) is 2.99. The Kier molecular flexibility index (Phi) is 5.32. The van der Waals surface area contributed by atoms with Gasteiger partial charge in [0.25, 0.3) is 0 Å². The molecule has 1 amide bonds. The van der Waals surface area contributed by atoms with Gasteiger partial charge in [0.15, 0.2) is 0 Å². The molecule has 1 aromatic heterocycles. The van der Waals surface area contributed by atoms with Crippen LogP contribution < -0.4 is 5.73 Å². The number of hydrogen-bond acceptors (Lipinski definition) is 5. The number of nitrogens with one attached hydrogen (secondary N) is 1. The summed E-state index contributed by atoms with van der Waals surface area (Å²) in [5.41, 5.74) is 6.72. The highest BCUT2D eigenvalue weighted by molar-refractivity contribution is 5.83. The van der Waals surface area contributed by atoms with Crippen molar-refractivity contribution in [3.8, 4) is 0 Å². The molecule has 0 saturated carbocycles. The summed E-state index contributed by atoms with van der Waals surface area (Å²) >= 11 is 0. The maximum absolute atomic E-state index is 12.4. The van der Waals surface area contributed by atoms with Gasteiger partial charge in [0.2, 0.25) is 5.91 Å².